The second kappa shape index (κ2) is 4.95. The molecule has 2 heteroatoms. The zero-order chi connectivity index (χ0) is 10.5. The first-order valence-corrected chi connectivity index (χ1v) is 5.58. The minimum Gasteiger partial charge on any atom is -0.313 e. The van der Waals surface area contributed by atoms with Crippen molar-refractivity contribution in [3.8, 4) is 6.07 Å². The molecule has 1 fully saturated rings. The van der Waals surface area contributed by atoms with E-state index >= 15 is 0 Å². The summed E-state index contributed by atoms with van der Waals surface area (Å²) in [6.07, 6.45) is 4.15. The van der Waals surface area contributed by atoms with Gasteiger partial charge in [-0.25, -0.2) is 0 Å². The molecule has 2 nitrogen and oxygen atoms in total. The van der Waals surface area contributed by atoms with Crippen molar-refractivity contribution < 1.29 is 0 Å². The largest absolute Gasteiger partial charge is 0.313 e. The van der Waals surface area contributed by atoms with Gasteiger partial charge in [0.15, 0.2) is 0 Å². The summed E-state index contributed by atoms with van der Waals surface area (Å²) >= 11 is 0. The smallest absolute Gasteiger partial charge is 0.0991 e. The molecule has 1 aromatic rings. The van der Waals surface area contributed by atoms with Gasteiger partial charge in [0.25, 0.3) is 0 Å². The maximum Gasteiger partial charge on any atom is 0.0991 e. The fourth-order valence-electron chi connectivity index (χ4n) is 1.70. The van der Waals surface area contributed by atoms with Gasteiger partial charge in [0.1, 0.15) is 0 Å². The summed E-state index contributed by atoms with van der Waals surface area (Å²) < 4.78 is 0. The quantitative estimate of drug-likeness (QED) is 0.741. The molecule has 0 radical (unpaired) electrons. The van der Waals surface area contributed by atoms with Gasteiger partial charge in [0, 0.05) is 6.54 Å². The number of benzene rings is 1. The predicted octanol–water partition coefficient (Wildman–Crippen LogP) is 2.45. The first-order chi connectivity index (χ1) is 7.38. The van der Waals surface area contributed by atoms with Crippen LogP contribution in [0.1, 0.15) is 30.4 Å². The van der Waals surface area contributed by atoms with Crippen molar-refractivity contribution in [1.82, 2.24) is 5.32 Å². The van der Waals surface area contributed by atoms with E-state index in [2.05, 4.69) is 17.5 Å². The zero-order valence-electron chi connectivity index (χ0n) is 8.87. The highest BCUT2D eigenvalue weighted by Gasteiger charge is 2.19. The number of nitrogens with zero attached hydrogens (tertiary/aromatic N) is 1. The third-order valence-corrected chi connectivity index (χ3v) is 2.81. The Kier molecular flexibility index (Phi) is 3.37. The Balaban J connectivity index is 1.74. The van der Waals surface area contributed by atoms with Gasteiger partial charge in [-0.15, -0.1) is 0 Å². The second-order valence-corrected chi connectivity index (χ2v) is 4.22. The third kappa shape index (κ3) is 3.38. The molecular formula is C13H16N2. The predicted molar refractivity (Wildman–Crippen MR) is 60.2 cm³/mol. The number of nitrogens with one attached hydrogen (secondary N) is 1. The molecule has 0 amide bonds. The molecule has 15 heavy (non-hydrogen) atoms. The van der Waals surface area contributed by atoms with E-state index in [9.17, 15) is 0 Å². The summed E-state index contributed by atoms with van der Waals surface area (Å²) in [5, 5.41) is 12.2. The Morgan fingerprint density at radius 1 is 1.40 bits per heavy atom. The van der Waals surface area contributed by atoms with Crippen molar-refractivity contribution in [2.45, 2.75) is 25.8 Å². The van der Waals surface area contributed by atoms with E-state index in [4.69, 9.17) is 5.26 Å². The molecule has 0 spiro atoms. The van der Waals surface area contributed by atoms with Crippen molar-refractivity contribution in [3.63, 3.8) is 0 Å². The standard InChI is InChI=1S/C13H16N2/c14-9-12-2-1-3-13(8-12)10-15-7-6-11-4-5-11/h1-3,8,11,15H,4-7,10H2. The number of nitriles is 1. The second-order valence-electron chi connectivity index (χ2n) is 4.22. The van der Waals surface area contributed by atoms with Crippen molar-refractivity contribution >= 4 is 0 Å². The van der Waals surface area contributed by atoms with Gasteiger partial charge < -0.3 is 5.32 Å². The average molecular weight is 200 g/mol. The molecule has 1 saturated carbocycles. The fraction of sp³-hybridized carbons (Fsp3) is 0.462. The lowest BCUT2D eigenvalue weighted by atomic mass is 10.1. The van der Waals surface area contributed by atoms with Gasteiger partial charge >= 0.3 is 0 Å². The van der Waals surface area contributed by atoms with Crippen LogP contribution in [0, 0.1) is 17.2 Å². The van der Waals surface area contributed by atoms with Crippen molar-refractivity contribution in [2.24, 2.45) is 5.92 Å². The van der Waals surface area contributed by atoms with Crippen LogP contribution in [0.4, 0.5) is 0 Å². The van der Waals surface area contributed by atoms with Crippen LogP contribution in [-0.4, -0.2) is 6.54 Å². The van der Waals surface area contributed by atoms with Crippen LogP contribution in [0.25, 0.3) is 0 Å². The molecule has 2 rings (SSSR count). The lowest BCUT2D eigenvalue weighted by molar-refractivity contribution is 0.613. The molecule has 0 bridgehead atoms. The molecule has 78 valence electrons. The van der Waals surface area contributed by atoms with Gasteiger partial charge in [0.2, 0.25) is 0 Å². The Labute approximate surface area is 90.9 Å². The van der Waals surface area contributed by atoms with E-state index in [-0.39, 0.29) is 0 Å². The van der Waals surface area contributed by atoms with Crippen LogP contribution in [0.2, 0.25) is 0 Å². The first-order valence-electron chi connectivity index (χ1n) is 5.58. The summed E-state index contributed by atoms with van der Waals surface area (Å²) in [6.45, 7) is 1.98. The van der Waals surface area contributed by atoms with Gasteiger partial charge in [0.05, 0.1) is 11.6 Å². The van der Waals surface area contributed by atoms with Crippen LogP contribution in [0.15, 0.2) is 24.3 Å². The van der Waals surface area contributed by atoms with Gasteiger partial charge in [-0.05, 0) is 36.6 Å². The Morgan fingerprint density at radius 2 is 2.27 bits per heavy atom. The molecule has 1 N–H and O–H groups in total. The Hall–Kier alpha value is -1.33. The number of hydrogen-bond donors (Lipinski definition) is 1. The summed E-state index contributed by atoms with van der Waals surface area (Å²) in [5.74, 6) is 0.989. The molecule has 0 aliphatic heterocycles. The molecule has 0 atom stereocenters. The first kappa shape index (κ1) is 10.2. The summed E-state index contributed by atoms with van der Waals surface area (Å²) in [6, 6.07) is 9.95. The molecule has 0 unspecified atom stereocenters. The van der Waals surface area contributed by atoms with E-state index in [1.54, 1.807) is 0 Å². The average Bonchev–Trinajstić information content (AvgIpc) is 3.09. The van der Waals surface area contributed by atoms with Crippen LogP contribution >= 0.6 is 0 Å². The highest BCUT2D eigenvalue weighted by molar-refractivity contribution is 5.32. The van der Waals surface area contributed by atoms with Crippen LogP contribution in [0.3, 0.4) is 0 Å². The van der Waals surface area contributed by atoms with Crippen LogP contribution < -0.4 is 5.32 Å². The highest BCUT2D eigenvalue weighted by Crippen LogP contribution is 2.31. The number of hydrogen-bond acceptors (Lipinski definition) is 2. The van der Waals surface area contributed by atoms with Crippen LogP contribution in [0.5, 0.6) is 0 Å². The van der Waals surface area contributed by atoms with E-state index < -0.39 is 0 Å². The van der Waals surface area contributed by atoms with E-state index in [1.165, 1.54) is 24.8 Å². The minimum absolute atomic E-state index is 0.747. The monoisotopic (exact) mass is 200 g/mol. The van der Waals surface area contributed by atoms with Crippen molar-refractivity contribution in [1.29, 1.82) is 5.26 Å². The van der Waals surface area contributed by atoms with Crippen molar-refractivity contribution in [3.05, 3.63) is 35.4 Å². The third-order valence-electron chi connectivity index (χ3n) is 2.81. The maximum atomic E-state index is 8.74. The SMILES string of the molecule is N#Cc1cccc(CNCCC2CC2)c1. The van der Waals surface area contributed by atoms with E-state index in [1.807, 2.05) is 18.2 Å². The lowest BCUT2D eigenvalue weighted by Gasteiger charge is -2.04. The summed E-state index contributed by atoms with van der Waals surface area (Å²) in [7, 11) is 0. The molecule has 1 aromatic carbocycles. The zero-order valence-corrected chi connectivity index (χ0v) is 8.87. The normalized spacial score (nSPS) is 14.9. The lowest BCUT2D eigenvalue weighted by Crippen LogP contribution is -2.15. The molecule has 1 aliphatic rings. The molecule has 0 aromatic heterocycles. The number of rotatable bonds is 5. The van der Waals surface area contributed by atoms with Crippen LogP contribution in [-0.2, 0) is 6.54 Å². The highest BCUT2D eigenvalue weighted by atomic mass is 14.8. The molecule has 1 aliphatic carbocycles. The topological polar surface area (TPSA) is 35.8 Å². The van der Waals surface area contributed by atoms with E-state index in [0.29, 0.717) is 0 Å². The van der Waals surface area contributed by atoms with Crippen molar-refractivity contribution in [2.75, 3.05) is 6.54 Å². The minimum atomic E-state index is 0.747. The fourth-order valence-corrected chi connectivity index (χ4v) is 1.70. The Bertz CT molecular complexity index is 361. The van der Waals surface area contributed by atoms with E-state index in [0.717, 1.165) is 24.6 Å². The summed E-state index contributed by atoms with van der Waals surface area (Å²) in [4.78, 5) is 0. The Morgan fingerprint density at radius 3 is 3.00 bits per heavy atom. The molecule has 0 saturated heterocycles. The molecule has 0 heterocycles. The van der Waals surface area contributed by atoms with Gasteiger partial charge in [-0.2, -0.15) is 5.26 Å². The van der Waals surface area contributed by atoms with Gasteiger partial charge in [-0.3, -0.25) is 0 Å². The maximum absolute atomic E-state index is 8.74. The molecular weight excluding hydrogens is 184 g/mol. The van der Waals surface area contributed by atoms with Gasteiger partial charge in [-0.1, -0.05) is 25.0 Å². The summed E-state index contributed by atoms with van der Waals surface area (Å²) in [5.41, 5.74) is 1.95.